The molecule has 0 spiro atoms. The molecule has 1 saturated carbocycles. The molecule has 2 nitrogen and oxygen atoms in total. The maximum Gasteiger partial charge on any atom is 0.0335 e. The van der Waals surface area contributed by atoms with Crippen LogP contribution in [-0.2, 0) is 0 Å². The molecule has 0 amide bonds. The van der Waals surface area contributed by atoms with Crippen molar-refractivity contribution in [1.82, 2.24) is 10.2 Å². The molecule has 3 rings (SSSR count). The minimum Gasteiger partial charge on any atom is -0.308 e. The van der Waals surface area contributed by atoms with Crippen LogP contribution in [0.5, 0.6) is 0 Å². The number of rotatable bonds is 3. The first kappa shape index (κ1) is 14.6. The van der Waals surface area contributed by atoms with Crippen LogP contribution in [0.25, 0.3) is 0 Å². The van der Waals surface area contributed by atoms with Crippen molar-refractivity contribution in [3.05, 3.63) is 21.4 Å². The van der Waals surface area contributed by atoms with E-state index in [1.54, 1.807) is 5.56 Å². The van der Waals surface area contributed by atoms with Gasteiger partial charge in [-0.15, -0.1) is 11.3 Å². The average molecular weight is 292 g/mol. The lowest BCUT2D eigenvalue weighted by molar-refractivity contribution is 0.0516. The van der Waals surface area contributed by atoms with Crippen molar-refractivity contribution < 1.29 is 0 Å². The summed E-state index contributed by atoms with van der Waals surface area (Å²) in [5, 5.41) is 3.82. The standard InChI is InChI=1S/C17H28N2S/c1-11-9-18-17(5,15-6-7-15)10-19(11)13(3)16-8-12(2)20-14(16)4/h8,11,13,15,18H,6-7,9-10H2,1-5H3. The van der Waals surface area contributed by atoms with Gasteiger partial charge in [-0.25, -0.2) is 0 Å². The highest BCUT2D eigenvalue weighted by molar-refractivity contribution is 7.12. The summed E-state index contributed by atoms with van der Waals surface area (Å²) in [5.74, 6) is 0.898. The molecule has 0 bridgehead atoms. The van der Waals surface area contributed by atoms with E-state index in [1.165, 1.54) is 29.1 Å². The highest BCUT2D eigenvalue weighted by atomic mass is 32.1. The van der Waals surface area contributed by atoms with E-state index in [0.29, 0.717) is 17.6 Å². The van der Waals surface area contributed by atoms with Crippen LogP contribution in [0.2, 0.25) is 0 Å². The van der Waals surface area contributed by atoms with Gasteiger partial charge >= 0.3 is 0 Å². The zero-order chi connectivity index (χ0) is 14.5. The molecule has 1 aliphatic carbocycles. The van der Waals surface area contributed by atoms with Gasteiger partial charge in [0, 0.05) is 40.5 Å². The van der Waals surface area contributed by atoms with E-state index >= 15 is 0 Å². The van der Waals surface area contributed by atoms with Crippen LogP contribution in [0.4, 0.5) is 0 Å². The van der Waals surface area contributed by atoms with E-state index in [-0.39, 0.29) is 0 Å². The van der Waals surface area contributed by atoms with Crippen molar-refractivity contribution >= 4 is 11.3 Å². The Hall–Kier alpha value is -0.380. The SMILES string of the molecule is Cc1cc(C(C)N2CC(C)(C3CC3)NCC2C)c(C)s1. The fourth-order valence-electron chi connectivity index (χ4n) is 3.85. The van der Waals surface area contributed by atoms with Crippen LogP contribution in [0.15, 0.2) is 6.07 Å². The smallest absolute Gasteiger partial charge is 0.0335 e. The van der Waals surface area contributed by atoms with Crippen LogP contribution in [0.3, 0.4) is 0 Å². The van der Waals surface area contributed by atoms with Gasteiger partial charge in [0.2, 0.25) is 0 Å². The maximum atomic E-state index is 3.82. The Morgan fingerprint density at radius 3 is 2.65 bits per heavy atom. The van der Waals surface area contributed by atoms with Crippen molar-refractivity contribution in [2.45, 2.75) is 65.1 Å². The Kier molecular flexibility index (Phi) is 3.72. The summed E-state index contributed by atoms with van der Waals surface area (Å²) in [5.41, 5.74) is 1.87. The molecule has 3 heteroatoms. The predicted molar refractivity (Wildman–Crippen MR) is 87.5 cm³/mol. The lowest BCUT2D eigenvalue weighted by atomic mass is 9.89. The average Bonchev–Trinajstić information content (AvgIpc) is 3.18. The van der Waals surface area contributed by atoms with Crippen LogP contribution < -0.4 is 5.32 Å². The van der Waals surface area contributed by atoms with E-state index in [9.17, 15) is 0 Å². The van der Waals surface area contributed by atoms with E-state index in [0.717, 1.165) is 12.5 Å². The molecule has 3 unspecified atom stereocenters. The second-order valence-electron chi connectivity index (χ2n) is 7.14. The van der Waals surface area contributed by atoms with Gasteiger partial charge in [0.1, 0.15) is 0 Å². The third kappa shape index (κ3) is 2.56. The molecule has 3 atom stereocenters. The summed E-state index contributed by atoms with van der Waals surface area (Å²) in [7, 11) is 0. The molecule has 1 saturated heterocycles. The molecule has 1 aromatic rings. The molecule has 0 radical (unpaired) electrons. The van der Waals surface area contributed by atoms with E-state index in [1.807, 2.05) is 11.3 Å². The first-order valence-electron chi connectivity index (χ1n) is 7.98. The molecule has 1 aliphatic heterocycles. The first-order chi connectivity index (χ1) is 9.40. The minimum atomic E-state index is 0.333. The maximum absolute atomic E-state index is 3.82. The highest BCUT2D eigenvalue weighted by Crippen LogP contribution is 2.43. The zero-order valence-electron chi connectivity index (χ0n) is 13.5. The Morgan fingerprint density at radius 1 is 1.40 bits per heavy atom. The van der Waals surface area contributed by atoms with E-state index < -0.39 is 0 Å². The number of thiophene rings is 1. The van der Waals surface area contributed by atoms with Crippen LogP contribution in [-0.4, -0.2) is 29.6 Å². The number of nitrogens with zero attached hydrogens (tertiary/aromatic N) is 1. The molecule has 112 valence electrons. The third-order valence-electron chi connectivity index (χ3n) is 5.38. The molecule has 20 heavy (non-hydrogen) atoms. The molecular formula is C17H28N2S. The topological polar surface area (TPSA) is 15.3 Å². The molecule has 0 aromatic carbocycles. The Labute approximate surface area is 127 Å². The minimum absolute atomic E-state index is 0.333. The quantitative estimate of drug-likeness (QED) is 0.909. The van der Waals surface area contributed by atoms with Gasteiger partial charge in [0.05, 0.1) is 0 Å². The van der Waals surface area contributed by atoms with Crippen LogP contribution in [0.1, 0.15) is 55.0 Å². The Morgan fingerprint density at radius 2 is 2.10 bits per heavy atom. The number of hydrogen-bond donors (Lipinski definition) is 1. The van der Waals surface area contributed by atoms with Gasteiger partial charge in [0.15, 0.2) is 0 Å². The lowest BCUT2D eigenvalue weighted by Gasteiger charge is -2.48. The second kappa shape index (κ2) is 5.11. The fraction of sp³-hybridized carbons (Fsp3) is 0.765. The molecular weight excluding hydrogens is 264 g/mol. The highest BCUT2D eigenvalue weighted by Gasteiger charge is 2.46. The number of nitrogens with one attached hydrogen (secondary N) is 1. The summed E-state index contributed by atoms with van der Waals surface area (Å²) in [6, 6.07) is 3.56. The Bertz CT molecular complexity index is 491. The second-order valence-corrected chi connectivity index (χ2v) is 8.60. The summed E-state index contributed by atoms with van der Waals surface area (Å²) in [4.78, 5) is 5.66. The number of piperazine rings is 1. The van der Waals surface area contributed by atoms with Gasteiger partial charge in [-0.2, -0.15) is 0 Å². The molecule has 2 fully saturated rings. The van der Waals surface area contributed by atoms with Crippen molar-refractivity contribution in [2.75, 3.05) is 13.1 Å². The summed E-state index contributed by atoms with van der Waals surface area (Å²) < 4.78 is 0. The van der Waals surface area contributed by atoms with Gasteiger partial charge < -0.3 is 5.32 Å². The van der Waals surface area contributed by atoms with Crippen molar-refractivity contribution in [3.63, 3.8) is 0 Å². The Balaban J connectivity index is 1.81. The van der Waals surface area contributed by atoms with Gasteiger partial charge in [0.25, 0.3) is 0 Å². The fourth-order valence-corrected chi connectivity index (χ4v) is 4.86. The number of aryl methyl sites for hydroxylation is 2. The largest absolute Gasteiger partial charge is 0.308 e. The van der Waals surface area contributed by atoms with Crippen molar-refractivity contribution in [1.29, 1.82) is 0 Å². The van der Waals surface area contributed by atoms with Crippen molar-refractivity contribution in [2.24, 2.45) is 5.92 Å². The van der Waals surface area contributed by atoms with Gasteiger partial charge in [-0.1, -0.05) is 0 Å². The predicted octanol–water partition coefficient (Wildman–Crippen LogP) is 3.89. The summed E-state index contributed by atoms with van der Waals surface area (Å²) in [6.45, 7) is 14.0. The molecule has 1 N–H and O–H groups in total. The molecule has 1 aromatic heterocycles. The zero-order valence-corrected chi connectivity index (χ0v) is 14.3. The summed E-state index contributed by atoms with van der Waals surface area (Å²) in [6.07, 6.45) is 2.83. The lowest BCUT2D eigenvalue weighted by Crippen LogP contribution is -2.63. The van der Waals surface area contributed by atoms with Crippen LogP contribution in [0, 0.1) is 19.8 Å². The third-order valence-corrected chi connectivity index (χ3v) is 6.37. The molecule has 2 heterocycles. The van der Waals surface area contributed by atoms with E-state index in [2.05, 4.69) is 50.9 Å². The van der Waals surface area contributed by atoms with E-state index in [4.69, 9.17) is 0 Å². The van der Waals surface area contributed by atoms with Crippen LogP contribution >= 0.6 is 11.3 Å². The summed E-state index contributed by atoms with van der Waals surface area (Å²) >= 11 is 1.94. The first-order valence-corrected chi connectivity index (χ1v) is 8.80. The molecule has 2 aliphatic rings. The van der Waals surface area contributed by atoms with Gasteiger partial charge in [-0.05, 0) is 65.0 Å². The van der Waals surface area contributed by atoms with Gasteiger partial charge in [-0.3, -0.25) is 4.90 Å². The normalized spacial score (nSPS) is 33.4. The van der Waals surface area contributed by atoms with Crippen molar-refractivity contribution in [3.8, 4) is 0 Å². The monoisotopic (exact) mass is 292 g/mol. The number of hydrogen-bond acceptors (Lipinski definition) is 3.